The average Bonchev–Trinajstić information content (AvgIpc) is 3.29. The molecule has 3 fully saturated rings. The van der Waals surface area contributed by atoms with Crippen LogP contribution in [-0.2, 0) is 11.3 Å². The normalized spacial score (nSPS) is 26.9. The highest BCUT2D eigenvalue weighted by atomic mass is 16.5. The highest BCUT2D eigenvalue weighted by Gasteiger charge is 2.44. The van der Waals surface area contributed by atoms with Gasteiger partial charge >= 0.3 is 0 Å². The summed E-state index contributed by atoms with van der Waals surface area (Å²) >= 11 is 0. The lowest BCUT2D eigenvalue weighted by molar-refractivity contribution is -0.119. The Hall–Kier alpha value is -2.55. The molecule has 0 bridgehead atoms. The first-order valence-corrected chi connectivity index (χ1v) is 13.2. The van der Waals surface area contributed by atoms with Crippen LogP contribution in [0.3, 0.4) is 0 Å². The molecule has 0 aromatic carbocycles. The Labute approximate surface area is 208 Å². The molecule has 35 heavy (non-hydrogen) atoms. The number of hydrogen-bond acceptors (Lipinski definition) is 7. The zero-order valence-corrected chi connectivity index (χ0v) is 20.9. The molecule has 4 heterocycles. The number of carbonyl (C=O) groups is 1. The number of piperidine rings is 1. The zero-order valence-electron chi connectivity index (χ0n) is 20.9. The number of rotatable bonds is 7. The van der Waals surface area contributed by atoms with Crippen molar-refractivity contribution in [2.24, 2.45) is 5.92 Å². The van der Waals surface area contributed by atoms with E-state index in [4.69, 9.17) is 4.74 Å². The van der Waals surface area contributed by atoms with Crippen LogP contribution >= 0.6 is 0 Å². The Kier molecular flexibility index (Phi) is 7.60. The summed E-state index contributed by atoms with van der Waals surface area (Å²) in [5.74, 6) is 1.19. The van der Waals surface area contributed by atoms with Crippen molar-refractivity contribution in [3.05, 3.63) is 47.9 Å². The summed E-state index contributed by atoms with van der Waals surface area (Å²) in [7, 11) is 0. The number of nitrogens with one attached hydrogen (secondary N) is 3. The third kappa shape index (κ3) is 6.00. The largest absolute Gasteiger partial charge is 0.475 e. The maximum atomic E-state index is 13.2. The highest BCUT2D eigenvalue weighted by molar-refractivity contribution is 5.95. The lowest BCUT2D eigenvalue weighted by Gasteiger charge is -2.33. The third-order valence-corrected chi connectivity index (χ3v) is 7.54. The summed E-state index contributed by atoms with van der Waals surface area (Å²) in [6.07, 6.45) is 12.8. The van der Waals surface area contributed by atoms with Gasteiger partial charge < -0.3 is 10.1 Å². The SMILES string of the molecule is CC(C)Oc1ccc(NC(=O)C2NNC3CCC(c4cncc(CN5CCCCC5)c4)CC32)cn1. The summed E-state index contributed by atoms with van der Waals surface area (Å²) in [5, 5.41) is 3.03. The molecule has 2 aromatic heterocycles. The van der Waals surface area contributed by atoms with E-state index in [0.717, 1.165) is 25.8 Å². The van der Waals surface area contributed by atoms with E-state index in [1.165, 1.54) is 43.5 Å². The van der Waals surface area contributed by atoms with Crippen molar-refractivity contribution in [2.45, 2.75) is 83.0 Å². The van der Waals surface area contributed by atoms with Crippen LogP contribution in [0.5, 0.6) is 5.88 Å². The molecule has 5 rings (SSSR count). The number of fused-ring (bicyclic) bond motifs is 1. The first-order valence-electron chi connectivity index (χ1n) is 13.2. The molecule has 8 heteroatoms. The summed E-state index contributed by atoms with van der Waals surface area (Å²) in [5.41, 5.74) is 9.94. The maximum absolute atomic E-state index is 13.2. The maximum Gasteiger partial charge on any atom is 0.243 e. The highest BCUT2D eigenvalue weighted by Crippen LogP contribution is 2.40. The second-order valence-corrected chi connectivity index (χ2v) is 10.6. The molecule has 2 aliphatic heterocycles. The quantitative estimate of drug-likeness (QED) is 0.560. The number of carbonyl (C=O) groups excluding carboxylic acids is 1. The van der Waals surface area contributed by atoms with Gasteiger partial charge in [0.2, 0.25) is 11.8 Å². The number of anilines is 1. The van der Waals surface area contributed by atoms with E-state index in [-0.39, 0.29) is 24.0 Å². The van der Waals surface area contributed by atoms with Gasteiger partial charge in [-0.05, 0) is 82.2 Å². The minimum atomic E-state index is -0.279. The van der Waals surface area contributed by atoms with Crippen LogP contribution in [0, 0.1) is 5.92 Å². The van der Waals surface area contributed by atoms with Crippen LogP contribution in [0.1, 0.15) is 69.4 Å². The standard InChI is InChI=1S/C27H38N6O2/c1-18(2)35-25-9-7-22(16-29-25)30-27(34)26-23-13-20(6-8-24(23)31-32-26)21-12-19(14-28-15-21)17-33-10-4-3-5-11-33/h7,9,12,14-16,18,20,23-24,26,31-32H,3-6,8,10-11,13,17H2,1-2H3,(H,30,34). The van der Waals surface area contributed by atoms with Crippen LogP contribution in [0.15, 0.2) is 36.8 Å². The van der Waals surface area contributed by atoms with Gasteiger partial charge in [-0.25, -0.2) is 10.4 Å². The van der Waals surface area contributed by atoms with E-state index in [1.54, 1.807) is 12.3 Å². The van der Waals surface area contributed by atoms with E-state index in [2.05, 4.69) is 37.1 Å². The van der Waals surface area contributed by atoms with E-state index in [0.29, 0.717) is 23.5 Å². The molecule has 8 nitrogen and oxygen atoms in total. The fourth-order valence-corrected chi connectivity index (χ4v) is 5.80. The molecule has 3 N–H and O–H groups in total. The number of hydrogen-bond donors (Lipinski definition) is 3. The molecule has 1 amide bonds. The Bertz CT molecular complexity index is 991. The fourth-order valence-electron chi connectivity index (χ4n) is 5.80. The third-order valence-electron chi connectivity index (χ3n) is 7.54. The first-order chi connectivity index (χ1) is 17.0. The van der Waals surface area contributed by atoms with Crippen molar-refractivity contribution in [3.8, 4) is 5.88 Å². The summed E-state index contributed by atoms with van der Waals surface area (Å²) in [6.45, 7) is 7.29. The average molecular weight is 479 g/mol. The molecule has 1 aliphatic carbocycles. The Morgan fingerprint density at radius 3 is 2.77 bits per heavy atom. The number of ether oxygens (including phenoxy) is 1. The van der Waals surface area contributed by atoms with E-state index in [1.807, 2.05) is 32.3 Å². The predicted molar refractivity (Wildman–Crippen MR) is 136 cm³/mol. The van der Waals surface area contributed by atoms with Crippen LogP contribution in [0.25, 0.3) is 0 Å². The molecule has 1 saturated carbocycles. The zero-order chi connectivity index (χ0) is 24.2. The Morgan fingerprint density at radius 2 is 2.00 bits per heavy atom. The van der Waals surface area contributed by atoms with Gasteiger partial charge in [0.25, 0.3) is 0 Å². The van der Waals surface area contributed by atoms with Gasteiger partial charge in [0.05, 0.1) is 18.0 Å². The molecule has 4 unspecified atom stereocenters. The minimum Gasteiger partial charge on any atom is -0.475 e. The van der Waals surface area contributed by atoms with Crippen molar-refractivity contribution < 1.29 is 9.53 Å². The molecular weight excluding hydrogens is 440 g/mol. The number of aromatic nitrogens is 2. The predicted octanol–water partition coefficient (Wildman–Crippen LogP) is 3.62. The van der Waals surface area contributed by atoms with Crippen LogP contribution in [-0.4, -0.2) is 52.1 Å². The van der Waals surface area contributed by atoms with Crippen molar-refractivity contribution in [3.63, 3.8) is 0 Å². The molecular formula is C27H38N6O2. The van der Waals surface area contributed by atoms with Gasteiger partial charge in [0.1, 0.15) is 6.04 Å². The lowest BCUT2D eigenvalue weighted by Crippen LogP contribution is -2.42. The van der Waals surface area contributed by atoms with Crippen LogP contribution in [0.4, 0.5) is 5.69 Å². The molecule has 4 atom stereocenters. The monoisotopic (exact) mass is 478 g/mol. The van der Waals surface area contributed by atoms with Crippen molar-refractivity contribution in [2.75, 3.05) is 18.4 Å². The van der Waals surface area contributed by atoms with E-state index >= 15 is 0 Å². The van der Waals surface area contributed by atoms with Crippen molar-refractivity contribution >= 4 is 11.6 Å². The molecule has 0 radical (unpaired) electrons. The van der Waals surface area contributed by atoms with Gasteiger partial charge in [0, 0.05) is 37.0 Å². The number of amides is 1. The lowest BCUT2D eigenvalue weighted by atomic mass is 9.73. The molecule has 2 saturated heterocycles. The van der Waals surface area contributed by atoms with E-state index < -0.39 is 0 Å². The summed E-state index contributed by atoms with van der Waals surface area (Å²) < 4.78 is 5.60. The van der Waals surface area contributed by atoms with E-state index in [9.17, 15) is 4.79 Å². The summed E-state index contributed by atoms with van der Waals surface area (Å²) in [6, 6.07) is 6.01. The summed E-state index contributed by atoms with van der Waals surface area (Å²) in [4.78, 5) is 24.6. The number of likely N-dealkylation sites (tertiary alicyclic amines) is 1. The topological polar surface area (TPSA) is 91.4 Å². The second kappa shape index (κ2) is 11.0. The van der Waals surface area contributed by atoms with Gasteiger partial charge in [0.15, 0.2) is 0 Å². The molecule has 188 valence electrons. The Morgan fingerprint density at radius 1 is 1.14 bits per heavy atom. The number of hydrazine groups is 1. The van der Waals surface area contributed by atoms with Crippen molar-refractivity contribution in [1.29, 1.82) is 0 Å². The van der Waals surface area contributed by atoms with Crippen molar-refractivity contribution in [1.82, 2.24) is 25.7 Å². The van der Waals surface area contributed by atoms with Gasteiger partial charge in [-0.3, -0.25) is 20.1 Å². The van der Waals surface area contributed by atoms with Gasteiger partial charge in [-0.2, -0.15) is 0 Å². The Balaban J connectivity index is 1.21. The molecule has 3 aliphatic rings. The first kappa shape index (κ1) is 24.2. The number of pyridine rings is 2. The van der Waals surface area contributed by atoms with Gasteiger partial charge in [-0.15, -0.1) is 0 Å². The minimum absolute atomic E-state index is 0.0260. The smallest absolute Gasteiger partial charge is 0.243 e. The van der Waals surface area contributed by atoms with Crippen LogP contribution in [0.2, 0.25) is 0 Å². The molecule has 2 aromatic rings. The number of nitrogens with zero attached hydrogens (tertiary/aromatic N) is 3. The van der Waals surface area contributed by atoms with Crippen LogP contribution < -0.4 is 20.9 Å². The second-order valence-electron chi connectivity index (χ2n) is 10.6. The van der Waals surface area contributed by atoms with Gasteiger partial charge in [-0.1, -0.05) is 12.5 Å². The fraction of sp³-hybridized carbons (Fsp3) is 0.593. The molecule has 0 spiro atoms.